The number of anilines is 3. The molecule has 0 fully saturated rings. The van der Waals surface area contributed by atoms with Gasteiger partial charge in [-0.1, -0.05) is 24.1 Å². The van der Waals surface area contributed by atoms with E-state index in [0.717, 1.165) is 29.2 Å². The van der Waals surface area contributed by atoms with Crippen LogP contribution in [-0.4, -0.2) is 24.4 Å². The number of halogens is 3. The highest BCUT2D eigenvalue weighted by Gasteiger charge is 2.31. The zero-order chi connectivity index (χ0) is 22.4. The van der Waals surface area contributed by atoms with Crippen molar-refractivity contribution in [2.45, 2.75) is 6.36 Å². The third-order valence-electron chi connectivity index (χ3n) is 3.75. The van der Waals surface area contributed by atoms with Crippen molar-refractivity contribution in [1.29, 1.82) is 0 Å². The minimum absolute atomic E-state index is 0.127. The monoisotopic (exact) mass is 467 g/mol. The number of carbonyl (C=O) groups is 2. The average molecular weight is 467 g/mol. The number of hydrogen-bond acceptors (Lipinski definition) is 6. The number of alkyl halides is 3. The molecule has 0 saturated carbocycles. The van der Waals surface area contributed by atoms with Crippen molar-refractivity contribution < 1.29 is 27.5 Å². The topological polar surface area (TPSA) is 79.5 Å². The Hall–Kier alpha value is -3.18. The standard InChI is InChI=1S/C20H16F3N3O3S2/c1-30-26-15-6-2-4-13(9-15)25-19(28)17-8-12(11-31-17)18(27)24-14-5-3-7-16(10-14)29-20(21,22)23/h2-11,26H,1H3,(H,24,27)(H,25,28). The summed E-state index contributed by atoms with van der Waals surface area (Å²) < 4.78 is 43.9. The number of nitrogens with one attached hydrogen (secondary N) is 3. The van der Waals surface area contributed by atoms with Crippen LogP contribution in [0.15, 0.2) is 60.0 Å². The lowest BCUT2D eigenvalue weighted by Crippen LogP contribution is -2.17. The van der Waals surface area contributed by atoms with Gasteiger partial charge < -0.3 is 20.1 Å². The molecule has 0 spiro atoms. The number of ether oxygens (including phenoxy) is 1. The Morgan fingerprint density at radius 3 is 2.29 bits per heavy atom. The molecule has 3 rings (SSSR count). The van der Waals surface area contributed by atoms with Crippen molar-refractivity contribution in [2.75, 3.05) is 21.6 Å². The first-order valence-corrected chi connectivity index (χ1v) is 10.8. The number of hydrogen-bond donors (Lipinski definition) is 3. The van der Waals surface area contributed by atoms with Gasteiger partial charge in [0.05, 0.1) is 10.4 Å². The van der Waals surface area contributed by atoms with Crippen molar-refractivity contribution in [3.63, 3.8) is 0 Å². The molecule has 0 aliphatic carbocycles. The van der Waals surface area contributed by atoms with Crippen LogP contribution < -0.4 is 20.1 Å². The fourth-order valence-corrected chi connectivity index (χ4v) is 3.66. The molecule has 31 heavy (non-hydrogen) atoms. The molecule has 0 radical (unpaired) electrons. The number of thiophene rings is 1. The van der Waals surface area contributed by atoms with E-state index < -0.39 is 18.0 Å². The van der Waals surface area contributed by atoms with Crippen LogP contribution in [0.3, 0.4) is 0 Å². The molecule has 0 saturated heterocycles. The minimum Gasteiger partial charge on any atom is -0.406 e. The average Bonchev–Trinajstić information content (AvgIpc) is 3.18. The third kappa shape index (κ3) is 6.66. The fourth-order valence-electron chi connectivity index (χ4n) is 2.52. The summed E-state index contributed by atoms with van der Waals surface area (Å²) in [5.41, 5.74) is 1.75. The second-order valence-corrected chi connectivity index (χ2v) is 7.59. The van der Waals surface area contributed by atoms with Crippen molar-refractivity contribution >= 4 is 52.2 Å². The minimum atomic E-state index is -4.83. The molecule has 3 N–H and O–H groups in total. The van der Waals surface area contributed by atoms with Gasteiger partial charge in [0.15, 0.2) is 0 Å². The molecular weight excluding hydrogens is 451 g/mol. The van der Waals surface area contributed by atoms with E-state index in [1.807, 2.05) is 12.3 Å². The molecule has 3 aromatic rings. The molecule has 2 amide bonds. The maximum Gasteiger partial charge on any atom is 0.573 e. The summed E-state index contributed by atoms with van der Waals surface area (Å²) >= 11 is 2.50. The van der Waals surface area contributed by atoms with E-state index in [0.29, 0.717) is 10.6 Å². The number of rotatable bonds is 7. The molecule has 6 nitrogen and oxygen atoms in total. The molecule has 0 bridgehead atoms. The summed E-state index contributed by atoms with van der Waals surface area (Å²) in [6.45, 7) is 0. The van der Waals surface area contributed by atoms with Crippen molar-refractivity contribution in [1.82, 2.24) is 0 Å². The zero-order valence-corrected chi connectivity index (χ0v) is 17.6. The summed E-state index contributed by atoms with van der Waals surface area (Å²) in [7, 11) is 0. The van der Waals surface area contributed by atoms with E-state index in [9.17, 15) is 22.8 Å². The zero-order valence-electron chi connectivity index (χ0n) is 15.9. The Morgan fingerprint density at radius 1 is 0.935 bits per heavy atom. The molecule has 0 aliphatic rings. The quantitative estimate of drug-likeness (QED) is 0.381. The molecule has 1 aromatic heterocycles. The second-order valence-electron chi connectivity index (χ2n) is 6.07. The first-order chi connectivity index (χ1) is 14.7. The second kappa shape index (κ2) is 9.75. The normalized spacial score (nSPS) is 11.0. The first kappa shape index (κ1) is 22.5. The molecule has 162 valence electrons. The summed E-state index contributed by atoms with van der Waals surface area (Å²) in [6.07, 6.45) is -2.95. The smallest absolute Gasteiger partial charge is 0.406 e. The van der Waals surface area contributed by atoms with E-state index in [1.54, 1.807) is 18.2 Å². The van der Waals surface area contributed by atoms with Crippen LogP contribution in [-0.2, 0) is 0 Å². The van der Waals surface area contributed by atoms with Crippen molar-refractivity contribution in [3.05, 3.63) is 70.4 Å². The van der Waals surface area contributed by atoms with Gasteiger partial charge in [0, 0.05) is 34.8 Å². The number of carbonyl (C=O) groups excluding carboxylic acids is 2. The molecular formula is C20H16F3N3O3S2. The lowest BCUT2D eigenvalue weighted by atomic mass is 10.2. The predicted octanol–water partition coefficient (Wildman–Crippen LogP) is 5.84. The van der Waals surface area contributed by atoms with Crippen LogP contribution in [0.4, 0.5) is 30.2 Å². The summed E-state index contributed by atoms with van der Waals surface area (Å²) in [5.74, 6) is -1.40. The van der Waals surface area contributed by atoms with Crippen LogP contribution in [0.2, 0.25) is 0 Å². The first-order valence-electron chi connectivity index (χ1n) is 8.69. The highest BCUT2D eigenvalue weighted by molar-refractivity contribution is 7.99. The van der Waals surface area contributed by atoms with Gasteiger partial charge in [-0.25, -0.2) is 0 Å². The maximum absolute atomic E-state index is 12.5. The maximum atomic E-state index is 12.5. The lowest BCUT2D eigenvalue weighted by Gasteiger charge is -2.10. The number of amides is 2. The molecule has 1 heterocycles. The molecule has 0 atom stereocenters. The van der Waals surface area contributed by atoms with Gasteiger partial charge in [0.25, 0.3) is 11.8 Å². The van der Waals surface area contributed by atoms with Crippen LogP contribution >= 0.6 is 23.3 Å². The molecule has 0 aliphatic heterocycles. The van der Waals surface area contributed by atoms with E-state index >= 15 is 0 Å². The van der Waals surface area contributed by atoms with Crippen molar-refractivity contribution in [3.8, 4) is 5.75 Å². The Bertz CT molecular complexity index is 1090. The Kier molecular flexibility index (Phi) is 7.08. The van der Waals surface area contributed by atoms with E-state index in [4.69, 9.17) is 0 Å². The van der Waals surface area contributed by atoms with Crippen LogP contribution in [0, 0.1) is 0 Å². The van der Waals surface area contributed by atoms with E-state index in [2.05, 4.69) is 20.1 Å². The van der Waals surface area contributed by atoms with Gasteiger partial charge >= 0.3 is 6.36 Å². The SMILES string of the molecule is CSNc1cccc(NC(=O)c2cc(C(=O)Nc3cccc(OC(F)(F)F)c3)cs2)c1. The van der Waals surface area contributed by atoms with E-state index in [1.165, 1.54) is 35.5 Å². The molecule has 0 unspecified atom stereocenters. The van der Waals surface area contributed by atoms with Gasteiger partial charge in [-0.3, -0.25) is 9.59 Å². The van der Waals surface area contributed by atoms with Gasteiger partial charge in [0.1, 0.15) is 5.75 Å². The van der Waals surface area contributed by atoms with Gasteiger partial charge in [-0.2, -0.15) is 0 Å². The summed E-state index contributed by atoms with van der Waals surface area (Å²) in [6, 6.07) is 13.5. The van der Waals surface area contributed by atoms with Gasteiger partial charge in [-0.15, -0.1) is 24.5 Å². The highest BCUT2D eigenvalue weighted by Crippen LogP contribution is 2.26. The fraction of sp³-hybridized carbons (Fsp3) is 0.100. The van der Waals surface area contributed by atoms with Crippen LogP contribution in [0.25, 0.3) is 0 Å². The largest absolute Gasteiger partial charge is 0.573 e. The molecule has 11 heteroatoms. The third-order valence-corrected chi connectivity index (χ3v) is 5.12. The summed E-state index contributed by atoms with van der Waals surface area (Å²) in [5, 5.41) is 6.73. The Morgan fingerprint density at radius 2 is 1.58 bits per heavy atom. The highest BCUT2D eigenvalue weighted by atomic mass is 32.2. The Balaban J connectivity index is 1.65. The number of benzene rings is 2. The molecule has 2 aromatic carbocycles. The van der Waals surface area contributed by atoms with Crippen LogP contribution in [0.5, 0.6) is 5.75 Å². The lowest BCUT2D eigenvalue weighted by molar-refractivity contribution is -0.274. The predicted molar refractivity (Wildman–Crippen MR) is 117 cm³/mol. The van der Waals surface area contributed by atoms with Crippen LogP contribution in [0.1, 0.15) is 20.0 Å². The summed E-state index contributed by atoms with van der Waals surface area (Å²) in [4.78, 5) is 25.2. The van der Waals surface area contributed by atoms with E-state index in [-0.39, 0.29) is 17.2 Å². The van der Waals surface area contributed by atoms with Gasteiger partial charge in [-0.05, 0) is 36.4 Å². The van der Waals surface area contributed by atoms with Crippen molar-refractivity contribution in [2.24, 2.45) is 0 Å². The van der Waals surface area contributed by atoms with Gasteiger partial charge in [0.2, 0.25) is 0 Å². The Labute approximate surface area is 183 Å².